The van der Waals surface area contributed by atoms with E-state index in [1.54, 1.807) is 6.07 Å². The van der Waals surface area contributed by atoms with Gasteiger partial charge in [-0.15, -0.1) is 0 Å². The van der Waals surface area contributed by atoms with Gasteiger partial charge in [0.25, 0.3) is 0 Å². The molecule has 3 nitrogen and oxygen atoms in total. The van der Waals surface area contributed by atoms with Gasteiger partial charge in [0.15, 0.2) is 0 Å². The number of hydrogen-bond donors (Lipinski definition) is 2. The van der Waals surface area contributed by atoms with Crippen LogP contribution in [0.15, 0.2) is 41.0 Å². The summed E-state index contributed by atoms with van der Waals surface area (Å²) in [6, 6.07) is 5.70. The van der Waals surface area contributed by atoms with Crippen molar-refractivity contribution in [2.45, 2.75) is 83.3 Å². The molecule has 4 heteroatoms. The maximum absolute atomic E-state index is 15.2. The van der Waals surface area contributed by atoms with Crippen molar-refractivity contribution in [3.05, 3.63) is 52.4 Å². The highest BCUT2D eigenvalue weighted by atomic mass is 19.1. The summed E-state index contributed by atoms with van der Waals surface area (Å²) in [5.74, 6) is 7.40. The number of fused-ring (bicyclic) bond motifs is 4. The monoisotopic (exact) mass is 477 g/mol. The van der Waals surface area contributed by atoms with Crippen LogP contribution in [0.1, 0.15) is 77.2 Å². The van der Waals surface area contributed by atoms with Crippen molar-refractivity contribution < 1.29 is 14.6 Å². The Labute approximate surface area is 210 Å². The Morgan fingerprint density at radius 3 is 2.60 bits per heavy atom. The van der Waals surface area contributed by atoms with E-state index in [2.05, 4.69) is 44.8 Å². The molecule has 2 fully saturated rings. The summed E-state index contributed by atoms with van der Waals surface area (Å²) in [6.07, 6.45) is 7.78. The molecule has 0 amide bonds. The van der Waals surface area contributed by atoms with Crippen LogP contribution >= 0.6 is 0 Å². The predicted octanol–water partition coefficient (Wildman–Crippen LogP) is 5.97. The largest absolute Gasteiger partial charge is 0.389 e. The summed E-state index contributed by atoms with van der Waals surface area (Å²) in [4.78, 5) is 1.81. The van der Waals surface area contributed by atoms with Gasteiger partial charge in [-0.25, -0.2) is 4.39 Å². The van der Waals surface area contributed by atoms with Gasteiger partial charge in [0.2, 0.25) is 0 Å². The minimum Gasteiger partial charge on any atom is -0.389 e. The molecule has 4 aliphatic carbocycles. The predicted molar refractivity (Wildman–Crippen MR) is 140 cm³/mol. The first-order chi connectivity index (χ1) is 16.5. The van der Waals surface area contributed by atoms with Gasteiger partial charge >= 0.3 is 0 Å². The van der Waals surface area contributed by atoms with Gasteiger partial charge in [0.1, 0.15) is 11.4 Å². The summed E-state index contributed by atoms with van der Waals surface area (Å²) in [5, 5.41) is 22.3. The smallest absolute Gasteiger partial charge is 0.146 e. The molecule has 0 heterocycles. The molecule has 1 aromatic carbocycles. The van der Waals surface area contributed by atoms with Crippen LogP contribution in [0.25, 0.3) is 0 Å². The maximum Gasteiger partial charge on any atom is 0.146 e. The van der Waals surface area contributed by atoms with Crippen molar-refractivity contribution in [1.82, 2.24) is 0 Å². The lowest BCUT2D eigenvalue weighted by Gasteiger charge is -2.54. The van der Waals surface area contributed by atoms with Gasteiger partial charge in [-0.1, -0.05) is 50.3 Å². The molecule has 0 aromatic heterocycles. The van der Waals surface area contributed by atoms with Crippen LogP contribution in [0.2, 0.25) is 0 Å². The van der Waals surface area contributed by atoms with Crippen molar-refractivity contribution in [3.63, 3.8) is 0 Å². The number of aliphatic hydroxyl groups excluding tert-OH is 1. The molecule has 0 aliphatic heterocycles. The van der Waals surface area contributed by atoms with Crippen molar-refractivity contribution in [1.29, 1.82) is 0 Å². The van der Waals surface area contributed by atoms with Crippen molar-refractivity contribution >= 4 is 5.69 Å². The first-order valence-corrected chi connectivity index (χ1v) is 13.4. The highest BCUT2D eigenvalue weighted by molar-refractivity contribution is 5.53. The second-order valence-corrected chi connectivity index (χ2v) is 12.1. The van der Waals surface area contributed by atoms with Gasteiger partial charge in [-0.2, -0.15) is 0 Å². The Balaban J connectivity index is 1.67. The zero-order chi connectivity index (χ0) is 25.1. The first-order valence-electron chi connectivity index (χ1n) is 13.4. The lowest BCUT2D eigenvalue weighted by Crippen LogP contribution is -2.51. The van der Waals surface area contributed by atoms with Gasteiger partial charge in [-0.3, -0.25) is 0 Å². The second-order valence-electron chi connectivity index (χ2n) is 12.1. The molecule has 188 valence electrons. The highest BCUT2D eigenvalue weighted by Gasteiger charge is 2.62. The van der Waals surface area contributed by atoms with Crippen LogP contribution in [0, 0.1) is 40.8 Å². The SMILES string of the molecule is CC(C)C#C[C@]1(O)CC[C@H]2[C@@H]3CCC4=CC(O)CCC4=C3[C@@H](c3ccc(N(C)C)c(F)c3)C[C@@]21C. The molecule has 0 bridgehead atoms. The maximum atomic E-state index is 15.2. The molecule has 4 aliphatic rings. The van der Waals surface area contributed by atoms with Gasteiger partial charge < -0.3 is 15.1 Å². The molecular formula is C31H40FNO2. The summed E-state index contributed by atoms with van der Waals surface area (Å²) < 4.78 is 15.2. The van der Waals surface area contributed by atoms with E-state index in [0.29, 0.717) is 23.9 Å². The van der Waals surface area contributed by atoms with Crippen LogP contribution in [0.5, 0.6) is 0 Å². The van der Waals surface area contributed by atoms with Crippen LogP contribution in [0.3, 0.4) is 0 Å². The van der Waals surface area contributed by atoms with Crippen LogP contribution in [-0.2, 0) is 0 Å². The number of allylic oxidation sites excluding steroid dienone is 3. The molecule has 2 N–H and O–H groups in total. The van der Waals surface area contributed by atoms with Gasteiger partial charge in [-0.05, 0) is 85.6 Å². The number of nitrogens with zero attached hydrogens (tertiary/aromatic N) is 1. The molecule has 6 atom stereocenters. The molecule has 35 heavy (non-hydrogen) atoms. The zero-order valence-corrected chi connectivity index (χ0v) is 21.9. The van der Waals surface area contributed by atoms with Crippen molar-refractivity contribution in [3.8, 4) is 11.8 Å². The quantitative estimate of drug-likeness (QED) is 0.516. The molecule has 1 aromatic rings. The Morgan fingerprint density at radius 1 is 1.14 bits per heavy atom. The molecule has 1 unspecified atom stereocenters. The van der Waals surface area contributed by atoms with Crippen LogP contribution in [-0.4, -0.2) is 36.0 Å². The number of aliphatic hydroxyl groups is 2. The fourth-order valence-corrected chi connectivity index (χ4v) is 7.65. The van der Waals surface area contributed by atoms with Crippen LogP contribution < -0.4 is 4.90 Å². The molecule has 0 spiro atoms. The first kappa shape index (κ1) is 24.6. The number of halogens is 1. The molecular weight excluding hydrogens is 437 g/mol. The van der Waals surface area contributed by atoms with Gasteiger partial charge in [0, 0.05) is 31.3 Å². The minimum atomic E-state index is -1.02. The fourth-order valence-electron chi connectivity index (χ4n) is 7.65. The number of benzene rings is 1. The van der Waals surface area contributed by atoms with Crippen molar-refractivity contribution in [2.24, 2.45) is 23.2 Å². The lowest BCUT2D eigenvalue weighted by molar-refractivity contribution is -0.0515. The average molecular weight is 478 g/mol. The van der Waals surface area contributed by atoms with Crippen molar-refractivity contribution in [2.75, 3.05) is 19.0 Å². The molecule has 5 rings (SSSR count). The Morgan fingerprint density at radius 2 is 1.91 bits per heavy atom. The third-order valence-electron chi connectivity index (χ3n) is 9.44. The number of anilines is 1. The Kier molecular flexibility index (Phi) is 6.17. The van der Waals surface area contributed by atoms with E-state index in [1.165, 1.54) is 16.7 Å². The van der Waals surface area contributed by atoms with E-state index >= 15 is 4.39 Å². The molecule has 0 saturated heterocycles. The number of hydrogen-bond acceptors (Lipinski definition) is 3. The number of rotatable bonds is 2. The zero-order valence-electron chi connectivity index (χ0n) is 21.9. The van der Waals surface area contributed by atoms with E-state index in [4.69, 9.17) is 0 Å². The normalized spacial score (nSPS) is 36.1. The van der Waals surface area contributed by atoms with E-state index < -0.39 is 5.60 Å². The molecule has 2 saturated carbocycles. The summed E-state index contributed by atoms with van der Waals surface area (Å²) >= 11 is 0. The Bertz CT molecular complexity index is 1140. The summed E-state index contributed by atoms with van der Waals surface area (Å²) in [7, 11) is 3.73. The van der Waals surface area contributed by atoms with E-state index in [-0.39, 0.29) is 29.2 Å². The third-order valence-corrected chi connectivity index (χ3v) is 9.44. The second kappa shape index (κ2) is 8.79. The average Bonchev–Trinajstić information content (AvgIpc) is 3.07. The standard InChI is InChI=1S/C31H40FNO2/c1-19(2)12-14-31(35)15-13-26-24-9-6-20-16-22(34)8-10-23(20)29(24)25(18-30(26,31)3)21-7-11-28(33(4)5)27(32)17-21/h7,11,16-17,19,22,24-26,34-35H,6,8-10,13,15,18H2,1-5H3/t22?,24-,25+,26-,30-,31-/m0/s1. The van der Waals surface area contributed by atoms with E-state index in [1.807, 2.05) is 25.1 Å². The lowest BCUT2D eigenvalue weighted by atomic mass is 9.51. The minimum absolute atomic E-state index is 0.0476. The summed E-state index contributed by atoms with van der Waals surface area (Å²) in [6.45, 7) is 6.38. The molecule has 0 radical (unpaired) electrons. The Hall–Kier alpha value is -2.09. The van der Waals surface area contributed by atoms with Crippen LogP contribution in [0.4, 0.5) is 10.1 Å². The fraction of sp³-hybridized carbons (Fsp3) is 0.613. The topological polar surface area (TPSA) is 43.7 Å². The third kappa shape index (κ3) is 3.96. The van der Waals surface area contributed by atoms with Gasteiger partial charge in [0.05, 0.1) is 11.8 Å². The summed E-state index contributed by atoms with van der Waals surface area (Å²) in [5.41, 5.74) is 4.38. The highest BCUT2D eigenvalue weighted by Crippen LogP contribution is 2.66. The van der Waals surface area contributed by atoms with E-state index in [9.17, 15) is 10.2 Å². The van der Waals surface area contributed by atoms with E-state index in [0.717, 1.165) is 44.1 Å².